The zero-order chi connectivity index (χ0) is 30.3. The minimum atomic E-state index is -1.88. The number of hydrogen-bond acceptors (Lipinski definition) is 8. The summed E-state index contributed by atoms with van der Waals surface area (Å²) in [6.45, 7) is 8.27. The topological polar surface area (TPSA) is 123 Å². The van der Waals surface area contributed by atoms with E-state index < -0.39 is 17.7 Å². The first kappa shape index (κ1) is 28.2. The summed E-state index contributed by atoms with van der Waals surface area (Å²) >= 11 is 0. The molecule has 1 N–H and O–H groups in total. The minimum Gasteiger partial charge on any atom is -0.458 e. The number of aryl methyl sites for hydroxylation is 1. The maximum atomic E-state index is 13.6. The number of ether oxygens (including phenoxy) is 2. The van der Waals surface area contributed by atoms with E-state index in [-0.39, 0.29) is 35.8 Å². The van der Waals surface area contributed by atoms with Gasteiger partial charge < -0.3 is 24.0 Å². The van der Waals surface area contributed by atoms with E-state index in [1.54, 1.807) is 34.6 Å². The Morgan fingerprint density at radius 2 is 2.00 bits per heavy atom. The Bertz CT molecular complexity index is 1910. The quantitative estimate of drug-likeness (QED) is 0.221. The van der Waals surface area contributed by atoms with Gasteiger partial charge in [0.2, 0.25) is 0 Å². The van der Waals surface area contributed by atoms with Crippen LogP contribution in [-0.4, -0.2) is 56.6 Å². The van der Waals surface area contributed by atoms with Gasteiger partial charge in [0.25, 0.3) is 5.56 Å². The molecular weight excluding hydrogens is 548 g/mol. The lowest BCUT2D eigenvalue weighted by molar-refractivity contribution is -0.172. The van der Waals surface area contributed by atoms with Crippen molar-refractivity contribution in [3.8, 4) is 17.1 Å². The third-order valence-electron chi connectivity index (χ3n) is 8.51. The summed E-state index contributed by atoms with van der Waals surface area (Å²) in [7, 11) is 0. The number of rotatable bonds is 4. The fourth-order valence-electron chi connectivity index (χ4n) is 6.15. The number of amides is 1. The smallest absolute Gasteiger partial charge is 0.415 e. The molecule has 10 heteroatoms. The Morgan fingerprint density at radius 3 is 2.72 bits per heavy atom. The van der Waals surface area contributed by atoms with Gasteiger partial charge in [0.05, 0.1) is 35.1 Å². The van der Waals surface area contributed by atoms with Gasteiger partial charge in [-0.1, -0.05) is 19.6 Å². The van der Waals surface area contributed by atoms with Crippen molar-refractivity contribution in [2.75, 3.05) is 13.1 Å². The molecule has 3 aliphatic heterocycles. The Labute approximate surface area is 247 Å². The van der Waals surface area contributed by atoms with E-state index in [4.69, 9.17) is 14.5 Å². The Morgan fingerprint density at radius 1 is 1.21 bits per heavy atom. The molecule has 2 aromatic heterocycles. The van der Waals surface area contributed by atoms with E-state index >= 15 is 0 Å². The van der Waals surface area contributed by atoms with Crippen LogP contribution in [-0.2, 0) is 34.7 Å². The molecule has 0 bridgehead atoms. The van der Waals surface area contributed by atoms with Crippen LogP contribution in [0.3, 0.4) is 0 Å². The van der Waals surface area contributed by atoms with Gasteiger partial charge in [-0.2, -0.15) is 0 Å². The number of piperidine rings is 1. The average molecular weight is 579 g/mol. The molecule has 1 atom stereocenters. The van der Waals surface area contributed by atoms with Gasteiger partial charge in [-0.3, -0.25) is 4.79 Å². The average Bonchev–Trinajstić information content (AvgIpc) is 3.39. The van der Waals surface area contributed by atoms with Gasteiger partial charge in [0, 0.05) is 41.2 Å². The summed E-state index contributed by atoms with van der Waals surface area (Å²) in [5, 5.41) is 12.0. The van der Waals surface area contributed by atoms with Crippen LogP contribution in [0.25, 0.3) is 22.3 Å². The first-order valence-electron chi connectivity index (χ1n) is 14.3. The third-order valence-corrected chi connectivity index (χ3v) is 8.51. The molecule has 218 valence electrons. The number of likely N-dealkylation sites (tertiary alicyclic amines) is 1. The fourth-order valence-corrected chi connectivity index (χ4v) is 6.15. The molecule has 0 spiro atoms. The molecule has 10 nitrogen and oxygen atoms in total. The monoisotopic (exact) mass is 578 g/mol. The lowest BCUT2D eigenvalue weighted by Gasteiger charge is -2.31. The largest absolute Gasteiger partial charge is 0.458 e. The van der Waals surface area contributed by atoms with Crippen molar-refractivity contribution in [3.63, 3.8) is 0 Å². The number of esters is 1. The summed E-state index contributed by atoms with van der Waals surface area (Å²) in [5.41, 5.74) is 9.79. The number of aromatic nitrogens is 2. The van der Waals surface area contributed by atoms with Gasteiger partial charge in [-0.25, -0.2) is 19.6 Å². The van der Waals surface area contributed by atoms with Crippen molar-refractivity contribution in [1.29, 1.82) is 0 Å². The highest BCUT2D eigenvalue weighted by molar-refractivity contribution is 5.90. The number of carbonyl (C=O) groups is 2. The highest BCUT2D eigenvalue weighted by atomic mass is 16.6. The van der Waals surface area contributed by atoms with Crippen LogP contribution in [0.15, 0.2) is 57.8 Å². The molecule has 5 heterocycles. The number of carbonyl (C=O) groups excluding carboxylic acids is 2. The molecule has 3 aromatic rings. The standard InChI is InChI=1S/C33H30N4O6/c1-4-7-8-13-34-20-11-14-36(15-12-20)32(40)43-21-9-10-27-23(16-21)22(5-2)24-18-37-28(29(24)35-27)17-26-25(30(37)38)19-42-31(39)33(26,41)6-3/h9-10,16-17,20,41H,1,5-6,11-12,14-15,18-19H2,2-3H3/t33-/m0/s1. The first-order valence-corrected chi connectivity index (χ1v) is 14.3. The second kappa shape index (κ2) is 11.0. The third kappa shape index (κ3) is 4.74. The number of nitrogens with zero attached hydrogens (tertiary/aromatic N) is 4. The first-order chi connectivity index (χ1) is 20.8. The van der Waals surface area contributed by atoms with Crippen LogP contribution in [0, 0.1) is 0 Å². The van der Waals surface area contributed by atoms with Crippen LogP contribution in [0.5, 0.6) is 5.75 Å². The number of aliphatic imine (C=N–C) groups is 1. The van der Waals surface area contributed by atoms with Gasteiger partial charge in [-0.05, 0) is 67.8 Å². The van der Waals surface area contributed by atoms with Crippen LogP contribution >= 0.6 is 0 Å². The van der Waals surface area contributed by atoms with Gasteiger partial charge in [-0.15, -0.1) is 0 Å². The summed E-state index contributed by atoms with van der Waals surface area (Å²) in [4.78, 5) is 49.9. The molecule has 0 radical (unpaired) electrons. The fraction of sp³-hybridized carbons (Fsp3) is 0.364. The van der Waals surface area contributed by atoms with E-state index in [1.807, 2.05) is 13.0 Å². The van der Waals surface area contributed by atoms with Crippen LogP contribution in [0.2, 0.25) is 0 Å². The lowest BCUT2D eigenvalue weighted by Crippen LogP contribution is -2.44. The molecule has 1 fully saturated rings. The number of cyclic esters (lactones) is 1. The maximum absolute atomic E-state index is 13.6. The summed E-state index contributed by atoms with van der Waals surface area (Å²) < 4.78 is 12.6. The van der Waals surface area contributed by atoms with Crippen LogP contribution in [0.1, 0.15) is 55.4 Å². The predicted molar refractivity (Wildman–Crippen MR) is 158 cm³/mol. The van der Waals surface area contributed by atoms with Crippen molar-refractivity contribution < 1.29 is 24.2 Å². The zero-order valence-electron chi connectivity index (χ0n) is 24.0. The number of fused-ring (bicyclic) bond motifs is 5. The summed E-state index contributed by atoms with van der Waals surface area (Å²) in [5.74, 6) is 2.34. The van der Waals surface area contributed by atoms with Crippen molar-refractivity contribution in [2.45, 2.75) is 64.3 Å². The molecule has 6 rings (SSSR count). The molecule has 3 aliphatic rings. The van der Waals surface area contributed by atoms with Gasteiger partial charge >= 0.3 is 12.1 Å². The number of benzene rings is 1. The molecule has 43 heavy (non-hydrogen) atoms. The van der Waals surface area contributed by atoms with E-state index in [0.717, 1.165) is 16.5 Å². The van der Waals surface area contributed by atoms with Crippen LogP contribution < -0.4 is 10.3 Å². The van der Waals surface area contributed by atoms with Gasteiger partial charge in [0.15, 0.2) is 5.60 Å². The summed E-state index contributed by atoms with van der Waals surface area (Å²) in [6.07, 6.45) is 1.69. The predicted octanol–water partition coefficient (Wildman–Crippen LogP) is 3.93. The molecule has 1 saturated heterocycles. The van der Waals surface area contributed by atoms with E-state index in [2.05, 4.69) is 34.6 Å². The molecule has 0 aliphatic carbocycles. The normalized spacial score (nSPS) is 18.8. The highest BCUT2D eigenvalue weighted by Gasteiger charge is 2.45. The van der Waals surface area contributed by atoms with Crippen LogP contribution in [0.4, 0.5) is 4.79 Å². The number of pyridine rings is 2. The summed E-state index contributed by atoms with van der Waals surface area (Å²) in [6, 6.07) is 7.09. The number of hydrogen-bond donors (Lipinski definition) is 1. The maximum Gasteiger partial charge on any atom is 0.415 e. The Hall–Kier alpha value is -4.93. The Balaban J connectivity index is 1.30. The van der Waals surface area contributed by atoms with E-state index in [9.17, 15) is 19.5 Å². The van der Waals surface area contributed by atoms with E-state index in [0.29, 0.717) is 61.6 Å². The van der Waals surface area contributed by atoms with Crippen molar-refractivity contribution in [1.82, 2.24) is 14.5 Å². The second-order valence-corrected chi connectivity index (χ2v) is 10.8. The molecule has 0 unspecified atom stereocenters. The Kier molecular flexibility index (Phi) is 7.25. The van der Waals surface area contributed by atoms with Crippen molar-refractivity contribution >= 4 is 28.8 Å². The zero-order valence-corrected chi connectivity index (χ0v) is 24.0. The van der Waals surface area contributed by atoms with E-state index in [1.165, 1.54) is 0 Å². The number of aliphatic hydroxyl groups is 1. The SMILES string of the molecule is C=C=C=C=C=NC1CCN(C(=O)Oc2ccc3nc4c(c(CC)c3c2)Cn2c-4cc3c(c2=O)COC(=O)[C@]3(O)CC)CC1. The highest BCUT2D eigenvalue weighted by Crippen LogP contribution is 2.40. The molecular formula is C33H30N4O6. The molecule has 1 amide bonds. The lowest BCUT2D eigenvalue weighted by atomic mass is 9.86. The van der Waals surface area contributed by atoms with Crippen molar-refractivity contribution in [2.24, 2.45) is 4.99 Å². The van der Waals surface area contributed by atoms with Crippen molar-refractivity contribution in [3.05, 3.63) is 80.6 Å². The minimum absolute atomic E-state index is 0.0510. The van der Waals surface area contributed by atoms with Gasteiger partial charge in [0.1, 0.15) is 12.4 Å². The molecule has 1 aromatic carbocycles. The molecule has 0 saturated carbocycles. The second-order valence-electron chi connectivity index (χ2n) is 10.8.